The molecule has 0 atom stereocenters. The summed E-state index contributed by atoms with van der Waals surface area (Å²) in [6.07, 6.45) is 4.80. The van der Waals surface area contributed by atoms with Crippen molar-refractivity contribution in [2.24, 2.45) is 0 Å². The molecule has 0 radical (unpaired) electrons. The van der Waals surface area contributed by atoms with Crippen molar-refractivity contribution in [3.05, 3.63) is 35.6 Å². The number of halogens is 1. The van der Waals surface area contributed by atoms with Gasteiger partial charge in [0.1, 0.15) is 12.4 Å². The molecule has 28 heavy (non-hydrogen) atoms. The van der Waals surface area contributed by atoms with Gasteiger partial charge in [-0.15, -0.1) is 0 Å². The monoisotopic (exact) mass is 387 g/mol. The Hall–Kier alpha value is -2.77. The van der Waals surface area contributed by atoms with Gasteiger partial charge in [0.05, 0.1) is 0 Å². The molecule has 0 spiro atoms. The van der Waals surface area contributed by atoms with E-state index < -0.39 is 36.1 Å². The van der Waals surface area contributed by atoms with E-state index in [4.69, 9.17) is 0 Å². The lowest BCUT2D eigenvalue weighted by molar-refractivity contribution is -0.145. The predicted molar refractivity (Wildman–Crippen MR) is 96.2 cm³/mol. The minimum Gasteiger partial charge on any atom is -0.334 e. The van der Waals surface area contributed by atoms with Gasteiger partial charge in [-0.1, -0.05) is 31.0 Å². The molecule has 0 bridgehead atoms. The first-order valence-corrected chi connectivity index (χ1v) is 9.69. The molecule has 0 aromatic heterocycles. The van der Waals surface area contributed by atoms with Gasteiger partial charge < -0.3 is 4.90 Å². The normalized spacial score (nSPS) is 20.4. The molecule has 2 aliphatic carbocycles. The average molecular weight is 387 g/mol. The Morgan fingerprint density at radius 2 is 1.71 bits per heavy atom. The summed E-state index contributed by atoms with van der Waals surface area (Å²) in [6, 6.07) is 5.21. The fourth-order valence-electron chi connectivity index (χ4n) is 3.99. The second-order valence-electron chi connectivity index (χ2n) is 7.63. The van der Waals surface area contributed by atoms with Crippen LogP contribution in [0.15, 0.2) is 24.3 Å². The number of rotatable bonds is 6. The van der Waals surface area contributed by atoms with E-state index in [1.807, 2.05) is 0 Å². The molecule has 3 fully saturated rings. The third-order valence-electron chi connectivity index (χ3n) is 5.67. The Bertz CT molecular complexity index is 832. The predicted octanol–water partition coefficient (Wildman–Crippen LogP) is 2.05. The van der Waals surface area contributed by atoms with E-state index in [9.17, 15) is 23.6 Å². The molecule has 2 saturated carbocycles. The van der Waals surface area contributed by atoms with Crippen molar-refractivity contribution in [2.75, 3.05) is 6.54 Å². The molecule has 1 aromatic carbocycles. The number of hydrogen-bond acceptors (Lipinski definition) is 4. The highest BCUT2D eigenvalue weighted by Gasteiger charge is 2.49. The van der Waals surface area contributed by atoms with Crippen LogP contribution >= 0.6 is 0 Å². The van der Waals surface area contributed by atoms with Crippen LogP contribution < -0.4 is 0 Å². The summed E-state index contributed by atoms with van der Waals surface area (Å²) in [6.45, 7) is -0.412. The number of nitrogens with zero attached hydrogens (tertiary/aromatic N) is 3. The Labute approximate surface area is 162 Å². The molecule has 1 saturated heterocycles. The van der Waals surface area contributed by atoms with Crippen molar-refractivity contribution in [1.29, 1.82) is 0 Å². The molecule has 1 heterocycles. The fourth-order valence-corrected chi connectivity index (χ4v) is 3.99. The van der Waals surface area contributed by atoms with Gasteiger partial charge in [0, 0.05) is 24.2 Å². The van der Waals surface area contributed by atoms with Crippen LogP contribution in [0, 0.1) is 5.82 Å². The highest BCUT2D eigenvalue weighted by molar-refractivity contribution is 6.45. The number of urea groups is 1. The quantitative estimate of drug-likeness (QED) is 0.553. The molecule has 5 amide bonds. The maximum Gasteiger partial charge on any atom is 0.334 e. The van der Waals surface area contributed by atoms with Crippen molar-refractivity contribution in [1.82, 2.24) is 14.7 Å². The molecule has 4 rings (SSSR count). The zero-order chi connectivity index (χ0) is 19.8. The second kappa shape index (κ2) is 7.33. The summed E-state index contributed by atoms with van der Waals surface area (Å²) in [7, 11) is 0. The highest BCUT2D eigenvalue weighted by atomic mass is 19.1. The standard InChI is InChI=1S/C20H22FN3O4/c21-16-8-4-1-5-13(16)11-22(14-9-10-14)17(25)12-23-18(26)19(27)24(20(23)28)15-6-2-3-7-15/h1,4-5,8,14-15H,2-3,6-7,9-12H2. The first-order valence-electron chi connectivity index (χ1n) is 9.69. The summed E-state index contributed by atoms with van der Waals surface area (Å²) >= 11 is 0. The first kappa shape index (κ1) is 18.6. The van der Waals surface area contributed by atoms with Crippen LogP contribution in [-0.4, -0.2) is 57.1 Å². The number of hydrogen-bond donors (Lipinski definition) is 0. The average Bonchev–Trinajstić information content (AvgIpc) is 3.34. The van der Waals surface area contributed by atoms with Crippen molar-refractivity contribution in [2.45, 2.75) is 57.2 Å². The molecule has 148 valence electrons. The lowest BCUT2D eigenvalue weighted by Crippen LogP contribution is -2.45. The van der Waals surface area contributed by atoms with Gasteiger partial charge in [-0.2, -0.15) is 0 Å². The summed E-state index contributed by atoms with van der Waals surface area (Å²) in [5.41, 5.74) is 0.380. The zero-order valence-electron chi connectivity index (χ0n) is 15.5. The molecule has 1 aromatic rings. The van der Waals surface area contributed by atoms with Gasteiger partial charge in [-0.3, -0.25) is 19.3 Å². The van der Waals surface area contributed by atoms with Crippen molar-refractivity contribution in [3.63, 3.8) is 0 Å². The topological polar surface area (TPSA) is 78.0 Å². The van der Waals surface area contributed by atoms with Gasteiger partial charge in [0.15, 0.2) is 0 Å². The van der Waals surface area contributed by atoms with E-state index in [1.54, 1.807) is 18.2 Å². The van der Waals surface area contributed by atoms with Crippen LogP contribution in [0.25, 0.3) is 0 Å². The molecule has 0 unspecified atom stereocenters. The van der Waals surface area contributed by atoms with Crippen molar-refractivity contribution in [3.8, 4) is 0 Å². The van der Waals surface area contributed by atoms with E-state index in [0.717, 1.165) is 35.5 Å². The molecule has 7 nitrogen and oxygen atoms in total. The van der Waals surface area contributed by atoms with E-state index in [1.165, 1.54) is 11.0 Å². The Morgan fingerprint density at radius 1 is 1.04 bits per heavy atom. The Balaban J connectivity index is 1.48. The highest BCUT2D eigenvalue weighted by Crippen LogP contribution is 2.30. The molecule has 1 aliphatic heterocycles. The number of amides is 5. The van der Waals surface area contributed by atoms with E-state index in [-0.39, 0.29) is 18.6 Å². The SMILES string of the molecule is O=C1C(=O)N(C2CCCC2)C(=O)N1CC(=O)N(Cc1ccccc1F)C1CC1. The minimum atomic E-state index is -0.952. The third kappa shape index (κ3) is 3.39. The van der Waals surface area contributed by atoms with E-state index in [0.29, 0.717) is 18.4 Å². The largest absolute Gasteiger partial charge is 0.334 e. The van der Waals surface area contributed by atoms with Gasteiger partial charge in [0.2, 0.25) is 5.91 Å². The zero-order valence-corrected chi connectivity index (χ0v) is 15.5. The molecule has 8 heteroatoms. The maximum absolute atomic E-state index is 14.0. The molecular weight excluding hydrogens is 365 g/mol. The molecule has 3 aliphatic rings. The minimum absolute atomic E-state index is 0.0263. The van der Waals surface area contributed by atoms with E-state index >= 15 is 0 Å². The Kier molecular flexibility index (Phi) is 4.87. The van der Waals surface area contributed by atoms with Crippen LogP contribution in [0.5, 0.6) is 0 Å². The fraction of sp³-hybridized carbons (Fsp3) is 0.500. The number of carbonyl (C=O) groups is 4. The van der Waals surface area contributed by atoms with Gasteiger partial charge >= 0.3 is 17.8 Å². The molecule has 0 N–H and O–H groups in total. The first-order chi connectivity index (χ1) is 13.5. The number of imide groups is 2. The summed E-state index contributed by atoms with van der Waals surface area (Å²) in [5, 5.41) is 0. The number of carbonyl (C=O) groups excluding carboxylic acids is 4. The summed E-state index contributed by atoms with van der Waals surface area (Å²) in [5.74, 6) is -2.66. The van der Waals surface area contributed by atoms with E-state index in [2.05, 4.69) is 0 Å². The Morgan fingerprint density at radius 3 is 2.36 bits per heavy atom. The lowest BCUT2D eigenvalue weighted by Gasteiger charge is -2.25. The smallest absolute Gasteiger partial charge is 0.334 e. The van der Waals surface area contributed by atoms with Crippen molar-refractivity contribution < 1.29 is 23.6 Å². The molecular formula is C20H22FN3O4. The van der Waals surface area contributed by atoms with Crippen LogP contribution in [-0.2, 0) is 20.9 Å². The van der Waals surface area contributed by atoms with Gasteiger partial charge in [-0.25, -0.2) is 14.1 Å². The number of benzene rings is 1. The lowest BCUT2D eigenvalue weighted by atomic mass is 10.2. The summed E-state index contributed by atoms with van der Waals surface area (Å²) in [4.78, 5) is 53.4. The van der Waals surface area contributed by atoms with Gasteiger partial charge in [-0.05, 0) is 31.7 Å². The van der Waals surface area contributed by atoms with Crippen LogP contribution in [0.2, 0.25) is 0 Å². The second-order valence-corrected chi connectivity index (χ2v) is 7.63. The van der Waals surface area contributed by atoms with Crippen LogP contribution in [0.3, 0.4) is 0 Å². The summed E-state index contributed by atoms with van der Waals surface area (Å²) < 4.78 is 14.0. The maximum atomic E-state index is 14.0. The van der Waals surface area contributed by atoms with Gasteiger partial charge in [0.25, 0.3) is 0 Å². The van der Waals surface area contributed by atoms with Crippen LogP contribution in [0.1, 0.15) is 44.1 Å². The van der Waals surface area contributed by atoms with Crippen molar-refractivity contribution >= 4 is 23.8 Å². The third-order valence-corrected chi connectivity index (χ3v) is 5.67. The van der Waals surface area contributed by atoms with Crippen LogP contribution in [0.4, 0.5) is 9.18 Å².